The molecule has 0 N–H and O–H groups in total. The topological polar surface area (TPSA) is 34.9 Å². The minimum absolute atomic E-state index is 0.0729. The van der Waals surface area contributed by atoms with Crippen LogP contribution in [0.3, 0.4) is 0 Å². The number of halogens is 2. The van der Waals surface area contributed by atoms with E-state index in [9.17, 15) is 4.79 Å². The highest BCUT2D eigenvalue weighted by atomic mass is 79.9. The molecule has 0 saturated heterocycles. The molecule has 0 fully saturated rings. The summed E-state index contributed by atoms with van der Waals surface area (Å²) >= 11 is 6.46. The highest BCUT2D eigenvalue weighted by Gasteiger charge is 2.04. The van der Waals surface area contributed by atoms with Crippen molar-refractivity contribution in [1.29, 1.82) is 0 Å². The zero-order valence-electron chi connectivity index (χ0n) is 5.84. The van der Waals surface area contributed by atoms with Crippen LogP contribution in [-0.2, 0) is 12.4 Å². The molecule has 0 unspecified atom stereocenters. The third-order valence-corrected chi connectivity index (χ3v) is 2.56. The molecule has 5 heteroatoms. The van der Waals surface area contributed by atoms with Crippen LogP contribution in [-0.4, -0.2) is 9.78 Å². The lowest BCUT2D eigenvalue weighted by Crippen LogP contribution is -2.22. The average molecular weight is 282 g/mol. The fourth-order valence-electron chi connectivity index (χ4n) is 0.686. The predicted molar refractivity (Wildman–Crippen MR) is 49.8 cm³/mol. The summed E-state index contributed by atoms with van der Waals surface area (Å²) in [6.45, 7) is 0. The van der Waals surface area contributed by atoms with Gasteiger partial charge in [0.15, 0.2) is 0 Å². The zero-order valence-corrected chi connectivity index (χ0v) is 9.02. The second-order valence-corrected chi connectivity index (χ2v) is 3.45. The molecule has 11 heavy (non-hydrogen) atoms. The Labute approximate surface area is 80.7 Å². The Hall–Kier alpha value is -0.160. The van der Waals surface area contributed by atoms with Crippen LogP contribution in [0, 0.1) is 0 Å². The summed E-state index contributed by atoms with van der Waals surface area (Å²) in [7, 11) is 1.63. The van der Waals surface area contributed by atoms with E-state index in [0.29, 0.717) is 10.9 Å². The first-order valence-electron chi connectivity index (χ1n) is 2.93. The maximum Gasteiger partial charge on any atom is 0.271 e. The lowest BCUT2D eigenvalue weighted by atomic mass is 10.3. The largest absolute Gasteiger partial charge is 0.271 e. The van der Waals surface area contributed by atoms with Gasteiger partial charge in [-0.3, -0.25) is 4.79 Å². The summed E-state index contributed by atoms with van der Waals surface area (Å²) in [5, 5.41) is 4.37. The Balaban J connectivity index is 3.41. The molecule has 0 radical (unpaired) electrons. The molecule has 1 aromatic rings. The summed E-state index contributed by atoms with van der Waals surface area (Å²) in [5.74, 6) is 0. The first-order valence-corrected chi connectivity index (χ1v) is 4.85. The summed E-state index contributed by atoms with van der Waals surface area (Å²) in [6, 6.07) is 0. The number of hydrogen-bond acceptors (Lipinski definition) is 2. The Morgan fingerprint density at radius 3 is 2.82 bits per heavy atom. The van der Waals surface area contributed by atoms with Crippen molar-refractivity contribution in [3.8, 4) is 0 Å². The molecule has 0 aliphatic rings. The lowest BCUT2D eigenvalue weighted by Gasteiger charge is -2.00. The van der Waals surface area contributed by atoms with E-state index >= 15 is 0 Å². The molecule has 3 nitrogen and oxygen atoms in total. The fourth-order valence-corrected chi connectivity index (χ4v) is 2.01. The van der Waals surface area contributed by atoms with Crippen molar-refractivity contribution in [2.24, 2.45) is 7.05 Å². The normalized spacial score (nSPS) is 10.1. The predicted octanol–water partition coefficient (Wildman–Crippen LogP) is 1.44. The van der Waals surface area contributed by atoms with E-state index in [0.717, 1.165) is 4.47 Å². The van der Waals surface area contributed by atoms with E-state index in [-0.39, 0.29) is 5.56 Å². The van der Waals surface area contributed by atoms with Gasteiger partial charge in [0, 0.05) is 22.4 Å². The van der Waals surface area contributed by atoms with Crippen LogP contribution >= 0.6 is 31.9 Å². The fraction of sp³-hybridized carbons (Fsp3) is 0.333. The second-order valence-electron chi connectivity index (χ2n) is 2.03. The number of aromatic nitrogens is 2. The quantitative estimate of drug-likeness (QED) is 0.730. The van der Waals surface area contributed by atoms with Crippen molar-refractivity contribution in [1.82, 2.24) is 9.78 Å². The van der Waals surface area contributed by atoms with Crippen molar-refractivity contribution in [2.75, 3.05) is 0 Å². The van der Waals surface area contributed by atoms with Crippen LogP contribution in [0.4, 0.5) is 0 Å². The van der Waals surface area contributed by atoms with Crippen molar-refractivity contribution in [3.63, 3.8) is 0 Å². The molecule has 1 aromatic heterocycles. The van der Waals surface area contributed by atoms with Crippen LogP contribution in [0.2, 0.25) is 0 Å². The summed E-state index contributed by atoms with van der Waals surface area (Å²) in [4.78, 5) is 11.3. The van der Waals surface area contributed by atoms with Gasteiger partial charge in [0.1, 0.15) is 0 Å². The number of aryl methyl sites for hydroxylation is 1. The third-order valence-electron chi connectivity index (χ3n) is 1.32. The Bertz CT molecular complexity index is 321. The van der Waals surface area contributed by atoms with E-state index < -0.39 is 0 Å². The van der Waals surface area contributed by atoms with Gasteiger partial charge < -0.3 is 0 Å². The molecule has 0 bridgehead atoms. The first kappa shape index (κ1) is 8.93. The summed E-state index contributed by atoms with van der Waals surface area (Å²) in [5.41, 5.74) is 0.624. The van der Waals surface area contributed by atoms with E-state index in [1.807, 2.05) is 0 Å². The molecule has 0 atom stereocenters. The highest BCUT2D eigenvalue weighted by molar-refractivity contribution is 9.10. The van der Waals surface area contributed by atoms with Crippen LogP contribution in [0.25, 0.3) is 0 Å². The number of nitrogens with zero attached hydrogens (tertiary/aromatic N) is 2. The minimum atomic E-state index is -0.0729. The van der Waals surface area contributed by atoms with E-state index in [1.165, 1.54) is 4.68 Å². The maximum absolute atomic E-state index is 11.3. The molecular weight excluding hydrogens is 276 g/mol. The van der Waals surface area contributed by atoms with Gasteiger partial charge in [-0.25, -0.2) is 4.68 Å². The summed E-state index contributed by atoms with van der Waals surface area (Å²) in [6.07, 6.45) is 1.61. The molecule has 0 amide bonds. The molecule has 0 aromatic carbocycles. The number of hydrogen-bond donors (Lipinski definition) is 0. The monoisotopic (exact) mass is 280 g/mol. The zero-order chi connectivity index (χ0) is 8.43. The summed E-state index contributed by atoms with van der Waals surface area (Å²) < 4.78 is 2.05. The van der Waals surface area contributed by atoms with Gasteiger partial charge in [-0.15, -0.1) is 0 Å². The van der Waals surface area contributed by atoms with E-state index in [4.69, 9.17) is 0 Å². The molecule has 1 heterocycles. The van der Waals surface area contributed by atoms with Crippen molar-refractivity contribution in [3.05, 3.63) is 26.6 Å². The minimum Gasteiger partial charge on any atom is -0.267 e. The van der Waals surface area contributed by atoms with Gasteiger partial charge in [-0.1, -0.05) is 15.9 Å². The van der Waals surface area contributed by atoms with E-state index in [1.54, 1.807) is 13.2 Å². The van der Waals surface area contributed by atoms with Gasteiger partial charge in [-0.05, 0) is 15.9 Å². The molecule has 0 aliphatic carbocycles. The highest BCUT2D eigenvalue weighted by Crippen LogP contribution is 2.12. The molecule has 0 spiro atoms. The smallest absolute Gasteiger partial charge is 0.267 e. The van der Waals surface area contributed by atoms with Crippen LogP contribution in [0.5, 0.6) is 0 Å². The Morgan fingerprint density at radius 2 is 2.36 bits per heavy atom. The lowest BCUT2D eigenvalue weighted by molar-refractivity contribution is 0.696. The Morgan fingerprint density at radius 1 is 1.73 bits per heavy atom. The maximum atomic E-state index is 11.3. The van der Waals surface area contributed by atoms with Gasteiger partial charge in [0.05, 0.1) is 6.20 Å². The van der Waals surface area contributed by atoms with Gasteiger partial charge in [-0.2, -0.15) is 5.10 Å². The SMILES string of the molecule is Cn1ncc(Br)c(CBr)c1=O. The molecule has 60 valence electrons. The van der Waals surface area contributed by atoms with E-state index in [2.05, 4.69) is 37.0 Å². The van der Waals surface area contributed by atoms with Gasteiger partial charge in [0.25, 0.3) is 5.56 Å². The molecule has 0 aliphatic heterocycles. The third kappa shape index (κ3) is 1.70. The van der Waals surface area contributed by atoms with Crippen molar-refractivity contribution in [2.45, 2.75) is 5.33 Å². The van der Waals surface area contributed by atoms with Crippen LogP contribution in [0.1, 0.15) is 5.56 Å². The number of rotatable bonds is 1. The second kappa shape index (κ2) is 3.49. The van der Waals surface area contributed by atoms with Gasteiger partial charge in [0.2, 0.25) is 0 Å². The molecular formula is C6H6Br2N2O. The van der Waals surface area contributed by atoms with Crippen LogP contribution < -0.4 is 5.56 Å². The molecule has 1 rings (SSSR count). The Kier molecular flexibility index (Phi) is 2.84. The average Bonchev–Trinajstić information content (AvgIpc) is 1.99. The van der Waals surface area contributed by atoms with Crippen LogP contribution in [0.15, 0.2) is 15.5 Å². The molecule has 0 saturated carbocycles. The van der Waals surface area contributed by atoms with Crippen molar-refractivity contribution < 1.29 is 0 Å². The number of alkyl halides is 1. The standard InChI is InChI=1S/C6H6Br2N2O/c1-10-6(11)4(2-7)5(8)3-9-10/h3H,2H2,1H3. The van der Waals surface area contributed by atoms with Gasteiger partial charge >= 0.3 is 0 Å². The van der Waals surface area contributed by atoms with Crippen molar-refractivity contribution >= 4 is 31.9 Å². The first-order chi connectivity index (χ1) is 5.16.